The van der Waals surface area contributed by atoms with Crippen LogP contribution in [-0.2, 0) is 4.74 Å². The molecule has 5 heteroatoms. The highest BCUT2D eigenvalue weighted by Crippen LogP contribution is 2.17. The smallest absolute Gasteiger partial charge is 0.103 e. The van der Waals surface area contributed by atoms with E-state index >= 15 is 0 Å². The van der Waals surface area contributed by atoms with E-state index in [0.29, 0.717) is 18.8 Å². The van der Waals surface area contributed by atoms with Gasteiger partial charge in [0.2, 0.25) is 0 Å². The lowest BCUT2D eigenvalue weighted by Crippen LogP contribution is -2.36. The highest BCUT2D eigenvalue weighted by Gasteiger charge is 2.14. The van der Waals surface area contributed by atoms with Crippen LogP contribution in [0.2, 0.25) is 0 Å². The standard InChI is InChI=1S/C9H10N4O/c10-5-8-6-11-12-7-9(8)13-1-3-14-4-2-13/h6-7H,1-4H2. The van der Waals surface area contributed by atoms with Crippen LogP contribution in [0.4, 0.5) is 5.69 Å². The summed E-state index contributed by atoms with van der Waals surface area (Å²) in [6.07, 6.45) is 3.12. The molecule has 5 nitrogen and oxygen atoms in total. The number of nitrogens with zero attached hydrogens (tertiary/aromatic N) is 4. The van der Waals surface area contributed by atoms with Crippen molar-refractivity contribution >= 4 is 5.69 Å². The molecular formula is C9H10N4O. The molecular weight excluding hydrogens is 180 g/mol. The topological polar surface area (TPSA) is 62.0 Å². The second kappa shape index (κ2) is 4.03. The molecule has 0 amide bonds. The Morgan fingerprint density at radius 3 is 2.71 bits per heavy atom. The van der Waals surface area contributed by atoms with E-state index in [2.05, 4.69) is 21.2 Å². The van der Waals surface area contributed by atoms with Gasteiger partial charge in [0.1, 0.15) is 6.07 Å². The number of nitriles is 1. The van der Waals surface area contributed by atoms with Crippen LogP contribution < -0.4 is 4.90 Å². The van der Waals surface area contributed by atoms with Crippen LogP contribution in [0.5, 0.6) is 0 Å². The summed E-state index contributed by atoms with van der Waals surface area (Å²) >= 11 is 0. The molecule has 1 aromatic heterocycles. The molecule has 1 aliphatic heterocycles. The van der Waals surface area contributed by atoms with Crippen molar-refractivity contribution in [1.29, 1.82) is 5.26 Å². The molecule has 0 N–H and O–H groups in total. The SMILES string of the molecule is N#Cc1cnncc1N1CCOCC1. The summed E-state index contributed by atoms with van der Waals surface area (Å²) in [5.41, 5.74) is 1.42. The van der Waals surface area contributed by atoms with Gasteiger partial charge < -0.3 is 9.64 Å². The molecule has 72 valence electrons. The second-order valence-electron chi connectivity index (χ2n) is 3.00. The van der Waals surface area contributed by atoms with E-state index < -0.39 is 0 Å². The van der Waals surface area contributed by atoms with Gasteiger partial charge in [-0.2, -0.15) is 15.5 Å². The van der Waals surface area contributed by atoms with Crippen molar-refractivity contribution in [3.05, 3.63) is 18.0 Å². The first-order chi connectivity index (χ1) is 6.92. The number of rotatable bonds is 1. The Hall–Kier alpha value is -1.67. The molecule has 0 radical (unpaired) electrons. The van der Waals surface area contributed by atoms with E-state index in [0.717, 1.165) is 18.8 Å². The minimum atomic E-state index is 0.571. The Morgan fingerprint density at radius 2 is 2.00 bits per heavy atom. The maximum absolute atomic E-state index is 8.87. The molecule has 1 aliphatic rings. The minimum absolute atomic E-state index is 0.571. The summed E-state index contributed by atoms with van der Waals surface area (Å²) in [7, 11) is 0. The second-order valence-corrected chi connectivity index (χ2v) is 3.00. The van der Waals surface area contributed by atoms with Crippen molar-refractivity contribution in [2.45, 2.75) is 0 Å². The molecule has 2 heterocycles. The van der Waals surface area contributed by atoms with Crippen LogP contribution >= 0.6 is 0 Å². The third-order valence-electron chi connectivity index (χ3n) is 2.18. The van der Waals surface area contributed by atoms with Crippen molar-refractivity contribution < 1.29 is 4.74 Å². The van der Waals surface area contributed by atoms with E-state index in [1.807, 2.05) is 0 Å². The van der Waals surface area contributed by atoms with Gasteiger partial charge in [0, 0.05) is 13.1 Å². The molecule has 1 fully saturated rings. The fraction of sp³-hybridized carbons (Fsp3) is 0.444. The van der Waals surface area contributed by atoms with E-state index in [-0.39, 0.29) is 0 Å². The van der Waals surface area contributed by atoms with Crippen LogP contribution in [0.3, 0.4) is 0 Å². The van der Waals surface area contributed by atoms with Crippen molar-refractivity contribution in [1.82, 2.24) is 10.2 Å². The third-order valence-corrected chi connectivity index (χ3v) is 2.18. The molecule has 0 spiro atoms. The number of aromatic nitrogens is 2. The minimum Gasteiger partial charge on any atom is -0.378 e. The molecule has 0 atom stereocenters. The van der Waals surface area contributed by atoms with Crippen molar-refractivity contribution in [2.24, 2.45) is 0 Å². The van der Waals surface area contributed by atoms with E-state index in [1.54, 1.807) is 6.20 Å². The summed E-state index contributed by atoms with van der Waals surface area (Å²) < 4.78 is 5.23. The zero-order valence-corrected chi connectivity index (χ0v) is 7.68. The van der Waals surface area contributed by atoms with Crippen LogP contribution in [0, 0.1) is 11.3 Å². The third kappa shape index (κ3) is 1.65. The summed E-state index contributed by atoms with van der Waals surface area (Å²) in [6.45, 7) is 3.02. The molecule has 0 saturated carbocycles. The molecule has 0 unspecified atom stereocenters. The molecule has 1 saturated heterocycles. The van der Waals surface area contributed by atoms with Crippen LogP contribution in [0.1, 0.15) is 5.56 Å². The van der Waals surface area contributed by atoms with Crippen LogP contribution in [0.25, 0.3) is 0 Å². The van der Waals surface area contributed by atoms with Gasteiger partial charge in [-0.25, -0.2) is 0 Å². The summed E-state index contributed by atoms with van der Waals surface area (Å²) in [6, 6.07) is 2.11. The zero-order chi connectivity index (χ0) is 9.80. The number of ether oxygens (including phenoxy) is 1. The van der Waals surface area contributed by atoms with Crippen LogP contribution in [-0.4, -0.2) is 36.5 Å². The number of hydrogen-bond acceptors (Lipinski definition) is 5. The van der Waals surface area contributed by atoms with Gasteiger partial charge in [-0.1, -0.05) is 0 Å². The monoisotopic (exact) mass is 190 g/mol. The number of morpholine rings is 1. The first-order valence-electron chi connectivity index (χ1n) is 4.45. The van der Waals surface area contributed by atoms with E-state index in [9.17, 15) is 0 Å². The fourth-order valence-electron chi connectivity index (χ4n) is 1.46. The Bertz CT molecular complexity index is 354. The molecule has 0 aliphatic carbocycles. The van der Waals surface area contributed by atoms with Gasteiger partial charge in [-0.05, 0) is 0 Å². The normalized spacial score (nSPS) is 16.4. The quantitative estimate of drug-likeness (QED) is 0.632. The van der Waals surface area contributed by atoms with Gasteiger partial charge in [-0.15, -0.1) is 0 Å². The molecule has 1 aromatic rings. The first-order valence-corrected chi connectivity index (χ1v) is 4.45. The number of hydrogen-bond donors (Lipinski definition) is 0. The maximum Gasteiger partial charge on any atom is 0.103 e. The number of anilines is 1. The van der Waals surface area contributed by atoms with Gasteiger partial charge in [0.15, 0.2) is 0 Å². The lowest BCUT2D eigenvalue weighted by molar-refractivity contribution is 0.122. The lowest BCUT2D eigenvalue weighted by atomic mass is 10.2. The summed E-state index contributed by atoms with van der Waals surface area (Å²) in [5.74, 6) is 0. The van der Waals surface area contributed by atoms with Gasteiger partial charge in [0.25, 0.3) is 0 Å². The fourth-order valence-corrected chi connectivity index (χ4v) is 1.46. The first kappa shape index (κ1) is 8.91. The van der Waals surface area contributed by atoms with Crippen LogP contribution in [0.15, 0.2) is 12.4 Å². The Morgan fingerprint density at radius 1 is 1.29 bits per heavy atom. The zero-order valence-electron chi connectivity index (χ0n) is 7.68. The van der Waals surface area contributed by atoms with E-state index in [4.69, 9.17) is 10.00 Å². The summed E-state index contributed by atoms with van der Waals surface area (Å²) in [5, 5.41) is 16.3. The largest absolute Gasteiger partial charge is 0.378 e. The highest BCUT2D eigenvalue weighted by atomic mass is 16.5. The predicted octanol–water partition coefficient (Wildman–Crippen LogP) is 0.185. The van der Waals surface area contributed by atoms with E-state index in [1.165, 1.54) is 6.20 Å². The molecule has 14 heavy (non-hydrogen) atoms. The Balaban J connectivity index is 2.26. The average molecular weight is 190 g/mol. The Kier molecular flexibility index (Phi) is 2.56. The van der Waals surface area contributed by atoms with Crippen molar-refractivity contribution in [2.75, 3.05) is 31.2 Å². The maximum atomic E-state index is 8.87. The highest BCUT2D eigenvalue weighted by molar-refractivity contribution is 5.56. The molecule has 2 rings (SSSR count). The lowest BCUT2D eigenvalue weighted by Gasteiger charge is -2.28. The molecule has 0 bridgehead atoms. The van der Waals surface area contributed by atoms with Gasteiger partial charge in [0.05, 0.1) is 36.9 Å². The van der Waals surface area contributed by atoms with Crippen molar-refractivity contribution in [3.63, 3.8) is 0 Å². The predicted molar refractivity (Wildman–Crippen MR) is 49.8 cm³/mol. The summed E-state index contributed by atoms with van der Waals surface area (Å²) in [4.78, 5) is 2.09. The van der Waals surface area contributed by atoms with Gasteiger partial charge >= 0.3 is 0 Å². The average Bonchev–Trinajstić information content (AvgIpc) is 2.30. The van der Waals surface area contributed by atoms with Gasteiger partial charge in [-0.3, -0.25) is 0 Å². The molecule has 0 aromatic carbocycles. The van der Waals surface area contributed by atoms with Crippen molar-refractivity contribution in [3.8, 4) is 6.07 Å². The Labute approximate surface area is 81.9 Å².